The topological polar surface area (TPSA) is 63.0 Å². The summed E-state index contributed by atoms with van der Waals surface area (Å²) in [6.07, 6.45) is 30.4. The molecule has 3 aliphatic rings. The Kier molecular flexibility index (Phi) is 60.5. The van der Waals surface area contributed by atoms with Crippen molar-refractivity contribution in [1.29, 1.82) is 0 Å². The normalized spacial score (nSPS) is 19.6. The highest BCUT2D eigenvalue weighted by Gasteiger charge is 2.13. The van der Waals surface area contributed by atoms with Crippen LogP contribution in [0.1, 0.15) is 182 Å². The third-order valence-corrected chi connectivity index (χ3v) is 6.53. The van der Waals surface area contributed by atoms with Gasteiger partial charge < -0.3 is 11.0 Å². The lowest BCUT2D eigenvalue weighted by Gasteiger charge is -2.22. The molecule has 2 fully saturated rings. The molecule has 0 heterocycles. The summed E-state index contributed by atoms with van der Waals surface area (Å²) in [6, 6.07) is 0. The molecule has 0 spiro atoms. The van der Waals surface area contributed by atoms with E-state index in [1.54, 1.807) is 5.57 Å². The third kappa shape index (κ3) is 35.4. The quantitative estimate of drug-likeness (QED) is 0.338. The van der Waals surface area contributed by atoms with Crippen LogP contribution in [0.2, 0.25) is 0 Å². The van der Waals surface area contributed by atoms with Crippen molar-refractivity contribution in [3.8, 4) is 0 Å². The number of hydrogen-bond acceptors (Lipinski definition) is 0. The lowest BCUT2D eigenvalue weighted by molar-refractivity contribution is 0.301. The molecule has 2 saturated carbocycles. The van der Waals surface area contributed by atoms with Crippen LogP contribution in [0, 0.1) is 24.2 Å². The second kappa shape index (κ2) is 45.3. The van der Waals surface area contributed by atoms with Gasteiger partial charge in [0.05, 0.1) is 0 Å². The summed E-state index contributed by atoms with van der Waals surface area (Å²) in [6.45, 7) is 25.3. The molecule has 2 radical (unpaired) electrons. The van der Waals surface area contributed by atoms with E-state index in [-0.39, 0.29) is 13.8 Å². The van der Waals surface area contributed by atoms with Crippen molar-refractivity contribution in [2.24, 2.45) is 17.8 Å². The third-order valence-electron chi connectivity index (χ3n) is 6.53. The van der Waals surface area contributed by atoms with E-state index < -0.39 is 0 Å². The predicted molar refractivity (Wildman–Crippen MR) is 180 cm³/mol. The summed E-state index contributed by atoms with van der Waals surface area (Å²) >= 11 is 0. The second-order valence-electron chi connectivity index (χ2n) is 9.31. The van der Waals surface area contributed by atoms with E-state index in [2.05, 4.69) is 52.3 Å². The molecule has 3 atom stereocenters. The molecule has 0 amide bonds. The first-order valence-corrected chi connectivity index (χ1v) is 16.4. The molecule has 0 aromatic heterocycles. The standard InChI is InChI=1S/C13H21.C8H16.C6H12.4C2H6.2H2O.H2.H/c1-3-5-9-12(4-2)13-10-7-6-8-11-13;1-7-4-3-5-8(2)6-7;1-2-4-6-5-3-1;4*1-2;;;;/h6-8,10,12H,3-5,9,11H2,1-2H3;7-8H,3-6H2,1-2H3;1-6H2;4*1-2H3;2*1H2;1H;. The Balaban J connectivity index is -0.0000000541. The summed E-state index contributed by atoms with van der Waals surface area (Å²) < 4.78 is 0. The Hall–Kier alpha value is -0.600. The fraction of sp³-hybridized carbons (Fsp3) is 0.857. The molecule has 3 unspecified atom stereocenters. The van der Waals surface area contributed by atoms with E-state index in [4.69, 9.17) is 0 Å². The highest BCUT2D eigenvalue weighted by atomic mass is 16.0. The number of allylic oxidation sites excluding steroid dienone is 4. The van der Waals surface area contributed by atoms with Gasteiger partial charge >= 0.3 is 0 Å². The first-order chi connectivity index (χ1) is 17.2. The van der Waals surface area contributed by atoms with E-state index >= 15 is 0 Å². The van der Waals surface area contributed by atoms with Crippen molar-refractivity contribution in [3.63, 3.8) is 0 Å². The summed E-state index contributed by atoms with van der Waals surface area (Å²) in [5.74, 6) is 2.86. The van der Waals surface area contributed by atoms with Gasteiger partial charge in [0.25, 0.3) is 0 Å². The summed E-state index contributed by atoms with van der Waals surface area (Å²) in [5.41, 5.74) is 1.64. The van der Waals surface area contributed by atoms with Crippen molar-refractivity contribution in [1.82, 2.24) is 0 Å². The number of unbranched alkanes of at least 4 members (excludes halogenated alkanes) is 1. The van der Waals surface area contributed by atoms with E-state index in [0.717, 1.165) is 17.8 Å². The van der Waals surface area contributed by atoms with E-state index in [1.807, 2.05) is 55.4 Å². The minimum Gasteiger partial charge on any atom is -0.412 e. The summed E-state index contributed by atoms with van der Waals surface area (Å²) in [5, 5.41) is 0. The molecule has 0 bridgehead atoms. The van der Waals surface area contributed by atoms with E-state index in [0.29, 0.717) is 0 Å². The van der Waals surface area contributed by atoms with Crippen LogP contribution in [0.4, 0.5) is 0 Å². The molecular weight excluding hydrogens is 452 g/mol. The Bertz CT molecular complexity index is 388. The lowest BCUT2D eigenvalue weighted by Crippen LogP contribution is -2.09. The highest BCUT2D eigenvalue weighted by Crippen LogP contribution is 2.28. The van der Waals surface area contributed by atoms with Crippen LogP contribution in [0.3, 0.4) is 0 Å². The molecule has 4 N–H and O–H groups in total. The number of hydrogen-bond donors (Lipinski definition) is 0. The zero-order valence-electron chi connectivity index (χ0n) is 29.1. The first-order valence-electron chi connectivity index (χ1n) is 16.4. The Labute approximate surface area is 241 Å². The SMILES string of the molecule is C1CCCCC1.CC.CC.CC.CC.CC1CCCC(C)C1.CCCCC(CC)C1=C[CH]C=CC1.O.O.[HH].[H]. The van der Waals surface area contributed by atoms with Crippen molar-refractivity contribution in [2.45, 2.75) is 179 Å². The second-order valence-corrected chi connectivity index (χ2v) is 9.31. The van der Waals surface area contributed by atoms with Gasteiger partial charge in [-0.15, -0.1) is 0 Å². The van der Waals surface area contributed by atoms with Crippen molar-refractivity contribution < 1.29 is 13.8 Å². The first kappa shape index (κ1) is 49.4. The van der Waals surface area contributed by atoms with Gasteiger partial charge in [0, 0.05) is 9.27 Å². The zero-order valence-corrected chi connectivity index (χ0v) is 28.1. The van der Waals surface area contributed by atoms with E-state index in [9.17, 15) is 0 Å². The maximum absolute atomic E-state index is 2.37. The Morgan fingerprint density at radius 1 is 0.757 bits per heavy atom. The monoisotopic (exact) mass is 533 g/mol. The van der Waals surface area contributed by atoms with Gasteiger partial charge in [-0.1, -0.05) is 178 Å². The molecule has 0 aliphatic heterocycles. The molecule has 3 rings (SSSR count). The zero-order chi connectivity index (χ0) is 27.7. The Morgan fingerprint density at radius 3 is 1.46 bits per heavy atom. The molecule has 2 nitrogen and oxygen atoms in total. The average molecular weight is 533 g/mol. The maximum Gasteiger partial charge on any atom is 0.00472 e. The van der Waals surface area contributed by atoms with Crippen molar-refractivity contribution in [3.05, 3.63) is 30.2 Å². The minimum atomic E-state index is 0. The molecule has 3 aliphatic carbocycles. The van der Waals surface area contributed by atoms with Gasteiger partial charge in [-0.05, 0) is 43.4 Å². The molecule has 37 heavy (non-hydrogen) atoms. The van der Waals surface area contributed by atoms with Crippen molar-refractivity contribution >= 4 is 0 Å². The summed E-state index contributed by atoms with van der Waals surface area (Å²) in [7, 11) is 0. The molecule has 0 aromatic rings. The number of rotatable bonds is 5. The van der Waals surface area contributed by atoms with Gasteiger partial charge in [0.15, 0.2) is 0 Å². The largest absolute Gasteiger partial charge is 0.412 e. The van der Waals surface area contributed by atoms with Gasteiger partial charge in [-0.25, -0.2) is 0 Å². The van der Waals surface area contributed by atoms with Crippen molar-refractivity contribution in [2.75, 3.05) is 0 Å². The van der Waals surface area contributed by atoms with Crippen LogP contribution < -0.4 is 0 Å². The van der Waals surface area contributed by atoms with Crippen LogP contribution >= 0.6 is 0 Å². The smallest absolute Gasteiger partial charge is 0.00472 e. The van der Waals surface area contributed by atoms with E-state index in [1.165, 1.54) is 96.3 Å². The predicted octanol–water partition coefficient (Wildman–Crippen LogP) is 12.3. The Morgan fingerprint density at radius 2 is 1.19 bits per heavy atom. The van der Waals surface area contributed by atoms with Crippen LogP contribution in [0.5, 0.6) is 0 Å². The van der Waals surface area contributed by atoms with Crippen LogP contribution in [-0.2, 0) is 0 Å². The van der Waals surface area contributed by atoms with Gasteiger partial charge in [-0.3, -0.25) is 0 Å². The van der Waals surface area contributed by atoms with Gasteiger partial charge in [-0.2, -0.15) is 0 Å². The highest BCUT2D eigenvalue weighted by molar-refractivity contribution is 5.25. The maximum atomic E-state index is 2.37. The fourth-order valence-corrected chi connectivity index (χ4v) is 4.73. The minimum absolute atomic E-state index is 0. The fourth-order valence-electron chi connectivity index (χ4n) is 4.73. The van der Waals surface area contributed by atoms with Gasteiger partial charge in [0.2, 0.25) is 0 Å². The molecule has 232 valence electrons. The van der Waals surface area contributed by atoms with Gasteiger partial charge in [0.1, 0.15) is 0 Å². The average Bonchev–Trinajstić information content (AvgIpc) is 2.96. The molecule has 2 heteroatoms. The lowest BCUT2D eigenvalue weighted by atomic mass is 9.84. The summed E-state index contributed by atoms with van der Waals surface area (Å²) in [4.78, 5) is 0. The van der Waals surface area contributed by atoms with Crippen LogP contribution in [0.15, 0.2) is 23.8 Å². The van der Waals surface area contributed by atoms with Crippen LogP contribution in [0.25, 0.3) is 0 Å². The molecule has 0 saturated heterocycles. The molecule has 0 aromatic carbocycles. The molecular formula is C35H80O2. The van der Waals surface area contributed by atoms with Crippen LogP contribution in [-0.4, -0.2) is 11.0 Å².